The second-order valence-electron chi connectivity index (χ2n) is 15.4. The number of aromatic hydroxyl groups is 1. The fraction of sp³-hybridized carbons (Fsp3) is 0.127. The summed E-state index contributed by atoms with van der Waals surface area (Å²) in [6.45, 7) is 5.34. The van der Waals surface area contributed by atoms with Gasteiger partial charge in [-0.3, -0.25) is 9.55 Å². The number of hydrogen-bond donors (Lipinski definition) is 1. The highest BCUT2D eigenvalue weighted by molar-refractivity contribution is 5.97. The molecule has 1 N–H and O–H groups in total. The first-order valence-corrected chi connectivity index (χ1v) is 19.9. The Morgan fingerprint density at radius 1 is 0.542 bits per heavy atom. The van der Waals surface area contributed by atoms with Gasteiger partial charge in [-0.1, -0.05) is 142 Å². The summed E-state index contributed by atoms with van der Waals surface area (Å²) < 4.78 is 43.6. The molecular weight excluding hydrogens is 719 g/mol. The largest absolute Gasteiger partial charge is 0.507 e. The maximum atomic E-state index is 11.3. The van der Waals surface area contributed by atoms with E-state index in [-0.39, 0.29) is 5.75 Å². The van der Waals surface area contributed by atoms with Crippen LogP contribution < -0.4 is 0 Å². The van der Waals surface area contributed by atoms with E-state index in [2.05, 4.69) is 53.1 Å². The highest BCUT2D eigenvalue weighted by Gasteiger charge is 2.22. The molecule has 9 rings (SSSR count). The van der Waals surface area contributed by atoms with Crippen LogP contribution in [0.15, 0.2) is 176 Å². The van der Waals surface area contributed by atoms with Crippen molar-refractivity contribution in [3.05, 3.63) is 193 Å². The monoisotopic (exact) mass is 770 g/mol. The van der Waals surface area contributed by atoms with Crippen LogP contribution in [0.2, 0.25) is 0 Å². The van der Waals surface area contributed by atoms with Crippen molar-refractivity contribution in [3.63, 3.8) is 0 Å². The molecule has 4 nitrogen and oxygen atoms in total. The van der Waals surface area contributed by atoms with E-state index in [0.717, 1.165) is 83.6 Å². The minimum absolute atomic E-state index is 0.110. The summed E-state index contributed by atoms with van der Waals surface area (Å²) in [6, 6.07) is 55.1. The highest BCUT2D eigenvalue weighted by atomic mass is 16.3. The Bertz CT molecular complexity index is 3130. The Kier molecular flexibility index (Phi) is 8.52. The van der Waals surface area contributed by atoms with Gasteiger partial charge in [0, 0.05) is 29.9 Å². The lowest BCUT2D eigenvalue weighted by atomic mass is 9.85. The van der Waals surface area contributed by atoms with Gasteiger partial charge in [0.25, 0.3) is 0 Å². The normalized spacial score (nSPS) is 13.3. The molecule has 59 heavy (non-hydrogen) atoms. The van der Waals surface area contributed by atoms with Crippen LogP contribution in [0.25, 0.3) is 83.9 Å². The van der Waals surface area contributed by atoms with Crippen molar-refractivity contribution in [1.29, 1.82) is 0 Å². The fourth-order valence-electron chi connectivity index (χ4n) is 8.07. The lowest BCUT2D eigenvalue weighted by Gasteiger charge is -2.20. The third-order valence-corrected chi connectivity index (χ3v) is 11.0. The van der Waals surface area contributed by atoms with Gasteiger partial charge >= 0.3 is 0 Å². The summed E-state index contributed by atoms with van der Waals surface area (Å²) in [7, 11) is 0. The molecule has 0 fully saturated rings. The number of aryl methyl sites for hydroxylation is 1. The third kappa shape index (κ3) is 7.23. The predicted octanol–water partition coefficient (Wildman–Crippen LogP) is 14.7. The molecule has 0 bridgehead atoms. The van der Waals surface area contributed by atoms with E-state index in [4.69, 9.17) is 16.8 Å². The molecule has 0 saturated carbocycles. The summed E-state index contributed by atoms with van der Waals surface area (Å²) in [5.74, 6) is -1.10. The average molecular weight is 771 g/mol. The second-order valence-corrected chi connectivity index (χ2v) is 15.4. The summed E-state index contributed by atoms with van der Waals surface area (Å²) in [4.78, 5) is 10.2. The van der Waals surface area contributed by atoms with E-state index < -0.39 is 18.6 Å². The maximum Gasteiger partial charge on any atom is 0.149 e. The minimum Gasteiger partial charge on any atom is -0.507 e. The Labute approximate surface area is 354 Å². The van der Waals surface area contributed by atoms with Crippen LogP contribution in [0.5, 0.6) is 5.75 Å². The number of phenols is 1. The molecule has 4 heteroatoms. The number of rotatable bonds is 9. The van der Waals surface area contributed by atoms with Crippen molar-refractivity contribution >= 4 is 11.0 Å². The van der Waals surface area contributed by atoms with Crippen LogP contribution in [0.1, 0.15) is 63.0 Å². The van der Waals surface area contributed by atoms with Crippen LogP contribution in [-0.4, -0.2) is 19.6 Å². The van der Waals surface area contributed by atoms with E-state index in [0.29, 0.717) is 17.0 Å². The molecule has 2 heterocycles. The van der Waals surface area contributed by atoms with E-state index in [1.165, 1.54) is 0 Å². The zero-order valence-electron chi connectivity index (χ0n) is 38.5. The van der Waals surface area contributed by atoms with Crippen molar-refractivity contribution < 1.29 is 12.0 Å². The molecule has 0 radical (unpaired) electrons. The molecular formula is C55H47N3O. The molecule has 0 spiro atoms. The number of imidazole rings is 1. The Hall–Kier alpha value is -7.04. The summed E-state index contributed by atoms with van der Waals surface area (Å²) in [5, 5.41) is 11.3. The molecule has 7 aromatic carbocycles. The standard InChI is InChI=1S/C55H47N3O/c1-35(2)46-16-11-17-47(36(3)4)53(46)40-25-27-45(28-26-40)58-51-19-12-18-48(54(51)57-55(58)49-15-9-10-20-52(49)59)43-31-42(38-13-7-6-8-14-38)32-44(33-43)50-34-41(29-30-56-50)39-23-21-37(5)22-24-39/h6-36,59H,1-5H3/i5D3,35D,36D. The first kappa shape index (κ1) is 32.0. The van der Waals surface area contributed by atoms with Gasteiger partial charge in [-0.05, 0) is 129 Å². The van der Waals surface area contributed by atoms with Crippen molar-refractivity contribution in [3.8, 4) is 78.6 Å². The molecule has 288 valence electrons. The average Bonchev–Trinajstić information content (AvgIpc) is 3.68. The lowest BCUT2D eigenvalue weighted by molar-refractivity contribution is 0.477. The van der Waals surface area contributed by atoms with Gasteiger partial charge in [-0.2, -0.15) is 0 Å². The number of pyridine rings is 1. The van der Waals surface area contributed by atoms with Gasteiger partial charge in [-0.25, -0.2) is 4.98 Å². The molecule has 0 saturated heterocycles. The molecule has 0 aliphatic carbocycles. The molecule has 2 aromatic heterocycles. The Morgan fingerprint density at radius 2 is 1.17 bits per heavy atom. The van der Waals surface area contributed by atoms with Gasteiger partial charge in [-0.15, -0.1) is 0 Å². The fourth-order valence-corrected chi connectivity index (χ4v) is 8.07. The number of aromatic nitrogens is 3. The number of nitrogens with zero attached hydrogens (tertiary/aromatic N) is 3. The van der Waals surface area contributed by atoms with E-state index >= 15 is 0 Å². The SMILES string of the molecule is [2H]C([2H])([2H])c1ccc(-c2ccnc(-c3cc(-c4ccccc4)cc(-c4cccc5c4nc(-c4ccccc4O)n5-c4ccc(-c5c(C([2H])(C)C)cccc5C([2H])(C)C)cc4)c3)c2)cc1. The highest BCUT2D eigenvalue weighted by Crippen LogP contribution is 2.41. The number of fused-ring (bicyclic) bond motifs is 1. The quantitative estimate of drug-likeness (QED) is 0.159. The van der Waals surface area contributed by atoms with Crippen molar-refractivity contribution in [2.75, 3.05) is 0 Å². The van der Waals surface area contributed by atoms with Gasteiger partial charge in [0.2, 0.25) is 0 Å². The van der Waals surface area contributed by atoms with Crippen molar-refractivity contribution in [1.82, 2.24) is 14.5 Å². The minimum atomic E-state index is -2.18. The number of para-hydroxylation sites is 2. The number of hydrogen-bond acceptors (Lipinski definition) is 3. The molecule has 0 atom stereocenters. The van der Waals surface area contributed by atoms with E-state index in [9.17, 15) is 5.11 Å². The number of benzene rings is 7. The van der Waals surface area contributed by atoms with Crippen LogP contribution in [0.4, 0.5) is 0 Å². The maximum absolute atomic E-state index is 11.3. The van der Waals surface area contributed by atoms with Gasteiger partial charge in [0.15, 0.2) is 0 Å². The predicted molar refractivity (Wildman–Crippen MR) is 246 cm³/mol. The molecule has 0 unspecified atom stereocenters. The molecule has 0 amide bonds. The smallest absolute Gasteiger partial charge is 0.149 e. The van der Waals surface area contributed by atoms with Crippen molar-refractivity contribution in [2.24, 2.45) is 0 Å². The molecule has 0 aliphatic rings. The second kappa shape index (κ2) is 15.7. The van der Waals surface area contributed by atoms with Gasteiger partial charge < -0.3 is 5.11 Å². The Balaban J connectivity index is 1.22. The van der Waals surface area contributed by atoms with Gasteiger partial charge in [0.1, 0.15) is 11.6 Å². The van der Waals surface area contributed by atoms with Crippen LogP contribution in [0.3, 0.4) is 0 Å². The first-order chi connectivity index (χ1) is 30.5. The number of phenolic OH excluding ortho intramolecular Hbond substituents is 1. The third-order valence-electron chi connectivity index (χ3n) is 11.0. The lowest BCUT2D eigenvalue weighted by Crippen LogP contribution is -2.01. The first-order valence-electron chi connectivity index (χ1n) is 22.4. The van der Waals surface area contributed by atoms with Gasteiger partial charge in [0.05, 0.1) is 22.3 Å². The summed E-state index contributed by atoms with van der Waals surface area (Å²) in [6.07, 6.45) is 1.78. The van der Waals surface area contributed by atoms with E-state index in [1.807, 2.05) is 125 Å². The van der Waals surface area contributed by atoms with Crippen LogP contribution in [-0.2, 0) is 0 Å². The Morgan fingerprint density at radius 3 is 1.88 bits per heavy atom. The summed E-state index contributed by atoms with van der Waals surface area (Å²) >= 11 is 0. The molecule has 9 aromatic rings. The molecule has 0 aliphatic heterocycles. The van der Waals surface area contributed by atoms with E-state index in [1.54, 1.807) is 30.5 Å². The zero-order chi connectivity index (χ0) is 45.0. The summed E-state index contributed by atoms with van der Waals surface area (Å²) in [5.41, 5.74) is 14.2. The zero-order valence-corrected chi connectivity index (χ0v) is 33.5. The van der Waals surface area contributed by atoms with Crippen LogP contribution in [0, 0.1) is 6.85 Å². The topological polar surface area (TPSA) is 50.9 Å². The van der Waals surface area contributed by atoms with Crippen LogP contribution >= 0.6 is 0 Å². The van der Waals surface area contributed by atoms with Crippen molar-refractivity contribution in [2.45, 2.75) is 46.3 Å².